The van der Waals surface area contributed by atoms with Crippen molar-refractivity contribution in [1.29, 1.82) is 0 Å². The Bertz CT molecular complexity index is 764. The maximum absolute atomic E-state index is 4.75. The van der Waals surface area contributed by atoms with Gasteiger partial charge in [-0.2, -0.15) is 0 Å². The summed E-state index contributed by atoms with van der Waals surface area (Å²) in [5.41, 5.74) is 5.24. The van der Waals surface area contributed by atoms with Gasteiger partial charge in [-0.05, 0) is 41.5 Å². The van der Waals surface area contributed by atoms with Crippen LogP contribution in [0.2, 0.25) is 0 Å². The smallest absolute Gasteiger partial charge is 0.0705 e. The zero-order valence-electron chi connectivity index (χ0n) is 13.6. The number of nitrogens with zero attached hydrogens (tertiary/aromatic N) is 1. The van der Waals surface area contributed by atoms with Crippen LogP contribution in [0.5, 0.6) is 0 Å². The van der Waals surface area contributed by atoms with Gasteiger partial charge < -0.3 is 0 Å². The Kier molecular flexibility index (Phi) is 3.98. The summed E-state index contributed by atoms with van der Waals surface area (Å²) in [6.07, 6.45) is 2.02. The fourth-order valence-electron chi connectivity index (χ4n) is 2.69. The molecular formula is C21H23N. The Balaban J connectivity index is 1.71. The molecule has 0 saturated carbocycles. The Morgan fingerprint density at radius 2 is 1.50 bits per heavy atom. The predicted molar refractivity (Wildman–Crippen MR) is 94.3 cm³/mol. The van der Waals surface area contributed by atoms with Crippen LogP contribution in [0.3, 0.4) is 0 Å². The van der Waals surface area contributed by atoms with Crippen molar-refractivity contribution in [3.05, 3.63) is 77.5 Å². The second-order valence-corrected chi connectivity index (χ2v) is 6.94. The monoisotopic (exact) mass is 289 g/mol. The van der Waals surface area contributed by atoms with E-state index >= 15 is 0 Å². The zero-order chi connectivity index (χ0) is 15.6. The lowest BCUT2D eigenvalue weighted by Crippen LogP contribution is -2.10. The van der Waals surface area contributed by atoms with Gasteiger partial charge in [0, 0.05) is 11.1 Å². The lowest BCUT2D eigenvalue weighted by Gasteiger charge is -2.19. The number of pyridine rings is 1. The summed E-state index contributed by atoms with van der Waals surface area (Å²) in [6, 6.07) is 21.6. The van der Waals surface area contributed by atoms with E-state index in [2.05, 4.69) is 75.4 Å². The van der Waals surface area contributed by atoms with Crippen LogP contribution in [-0.2, 0) is 18.3 Å². The van der Waals surface area contributed by atoms with Gasteiger partial charge in [-0.25, -0.2) is 0 Å². The summed E-state index contributed by atoms with van der Waals surface area (Å²) >= 11 is 0. The molecule has 0 N–H and O–H groups in total. The predicted octanol–water partition coefficient (Wildman–Crippen LogP) is 5.32. The molecule has 0 unspecified atom stereocenters. The minimum atomic E-state index is 0.221. The highest BCUT2D eigenvalue weighted by molar-refractivity contribution is 5.78. The SMILES string of the molecule is CC(C)(C)c1ccc(CCc2ccc3ccccc3n2)cc1. The van der Waals surface area contributed by atoms with Crippen LogP contribution in [-0.4, -0.2) is 4.98 Å². The van der Waals surface area contributed by atoms with E-state index in [0.29, 0.717) is 0 Å². The second kappa shape index (κ2) is 5.92. The van der Waals surface area contributed by atoms with Crippen LogP contribution in [0.1, 0.15) is 37.6 Å². The van der Waals surface area contributed by atoms with Crippen molar-refractivity contribution in [2.24, 2.45) is 0 Å². The second-order valence-electron chi connectivity index (χ2n) is 6.94. The standard InChI is InChI=1S/C21H23N/c1-21(2,3)18-12-8-16(9-13-18)10-14-19-15-11-17-6-4-5-7-20(17)22-19/h4-9,11-13,15H,10,14H2,1-3H3. The van der Waals surface area contributed by atoms with Gasteiger partial charge in [-0.1, -0.05) is 69.3 Å². The molecule has 0 bridgehead atoms. The van der Waals surface area contributed by atoms with Crippen LogP contribution < -0.4 is 0 Å². The van der Waals surface area contributed by atoms with Crippen molar-refractivity contribution in [3.8, 4) is 0 Å². The van der Waals surface area contributed by atoms with Gasteiger partial charge in [-0.15, -0.1) is 0 Å². The van der Waals surface area contributed by atoms with Crippen LogP contribution in [0, 0.1) is 0 Å². The van der Waals surface area contributed by atoms with Crippen LogP contribution in [0.15, 0.2) is 60.7 Å². The van der Waals surface area contributed by atoms with Crippen molar-refractivity contribution in [3.63, 3.8) is 0 Å². The molecule has 112 valence electrons. The quantitative estimate of drug-likeness (QED) is 0.636. The molecule has 3 aromatic rings. The number of hydrogen-bond donors (Lipinski definition) is 0. The molecule has 22 heavy (non-hydrogen) atoms. The Morgan fingerprint density at radius 3 is 2.23 bits per heavy atom. The molecule has 1 heterocycles. The molecule has 1 aromatic heterocycles. The van der Waals surface area contributed by atoms with Gasteiger partial charge in [0.2, 0.25) is 0 Å². The maximum atomic E-state index is 4.75. The number of fused-ring (bicyclic) bond motifs is 1. The molecule has 0 saturated heterocycles. The number of benzene rings is 2. The van der Waals surface area contributed by atoms with Crippen LogP contribution >= 0.6 is 0 Å². The average molecular weight is 289 g/mol. The zero-order valence-corrected chi connectivity index (χ0v) is 13.6. The highest BCUT2D eigenvalue weighted by Gasteiger charge is 2.12. The molecule has 0 aliphatic rings. The first-order valence-corrected chi connectivity index (χ1v) is 7.96. The minimum absolute atomic E-state index is 0.221. The molecule has 0 aliphatic carbocycles. The minimum Gasteiger partial charge on any atom is -0.253 e. The number of hydrogen-bond acceptors (Lipinski definition) is 1. The van der Waals surface area contributed by atoms with Crippen molar-refractivity contribution in [2.75, 3.05) is 0 Å². The van der Waals surface area contributed by atoms with Gasteiger partial charge in [-0.3, -0.25) is 4.98 Å². The molecule has 0 fully saturated rings. The molecule has 1 nitrogen and oxygen atoms in total. The molecule has 0 spiro atoms. The van der Waals surface area contributed by atoms with Gasteiger partial charge in [0.15, 0.2) is 0 Å². The number of rotatable bonds is 3. The van der Waals surface area contributed by atoms with Crippen molar-refractivity contribution < 1.29 is 0 Å². The third kappa shape index (κ3) is 3.36. The van der Waals surface area contributed by atoms with E-state index in [-0.39, 0.29) is 5.41 Å². The molecular weight excluding hydrogens is 266 g/mol. The average Bonchev–Trinajstić information content (AvgIpc) is 2.52. The van der Waals surface area contributed by atoms with Gasteiger partial charge in [0.25, 0.3) is 0 Å². The Morgan fingerprint density at radius 1 is 0.773 bits per heavy atom. The summed E-state index contributed by atoms with van der Waals surface area (Å²) in [4.78, 5) is 4.75. The summed E-state index contributed by atoms with van der Waals surface area (Å²) in [5.74, 6) is 0. The van der Waals surface area contributed by atoms with Gasteiger partial charge in [0.05, 0.1) is 5.52 Å². The van der Waals surface area contributed by atoms with E-state index in [4.69, 9.17) is 4.98 Å². The van der Waals surface area contributed by atoms with Gasteiger partial charge in [0.1, 0.15) is 0 Å². The van der Waals surface area contributed by atoms with Crippen LogP contribution in [0.25, 0.3) is 10.9 Å². The summed E-state index contributed by atoms with van der Waals surface area (Å²) in [6.45, 7) is 6.75. The Hall–Kier alpha value is -2.15. The lowest BCUT2D eigenvalue weighted by atomic mass is 9.86. The summed E-state index contributed by atoms with van der Waals surface area (Å²) in [7, 11) is 0. The fourth-order valence-corrected chi connectivity index (χ4v) is 2.69. The Labute approximate surface area is 133 Å². The summed E-state index contributed by atoms with van der Waals surface area (Å²) < 4.78 is 0. The highest BCUT2D eigenvalue weighted by atomic mass is 14.7. The molecule has 0 atom stereocenters. The van der Waals surface area contributed by atoms with E-state index in [1.807, 2.05) is 6.07 Å². The van der Waals surface area contributed by atoms with E-state index < -0.39 is 0 Å². The number of para-hydroxylation sites is 1. The molecule has 0 aliphatic heterocycles. The first-order chi connectivity index (χ1) is 10.5. The lowest BCUT2D eigenvalue weighted by molar-refractivity contribution is 0.590. The maximum Gasteiger partial charge on any atom is 0.0705 e. The first kappa shape index (κ1) is 14.8. The number of aromatic nitrogens is 1. The third-order valence-electron chi connectivity index (χ3n) is 4.15. The van der Waals surface area contributed by atoms with Crippen molar-refractivity contribution >= 4 is 10.9 Å². The highest BCUT2D eigenvalue weighted by Crippen LogP contribution is 2.22. The molecule has 2 aromatic carbocycles. The topological polar surface area (TPSA) is 12.9 Å². The normalized spacial score (nSPS) is 11.8. The van der Waals surface area contributed by atoms with Crippen molar-refractivity contribution in [1.82, 2.24) is 4.98 Å². The third-order valence-corrected chi connectivity index (χ3v) is 4.15. The van der Waals surface area contributed by atoms with E-state index in [9.17, 15) is 0 Å². The largest absolute Gasteiger partial charge is 0.253 e. The molecule has 0 amide bonds. The van der Waals surface area contributed by atoms with Gasteiger partial charge >= 0.3 is 0 Å². The number of aryl methyl sites for hydroxylation is 2. The van der Waals surface area contributed by atoms with Crippen molar-refractivity contribution in [2.45, 2.75) is 39.0 Å². The van der Waals surface area contributed by atoms with E-state index in [1.165, 1.54) is 22.2 Å². The first-order valence-electron chi connectivity index (χ1n) is 7.96. The van der Waals surface area contributed by atoms with Crippen LogP contribution in [0.4, 0.5) is 0 Å². The van der Waals surface area contributed by atoms with E-state index in [1.54, 1.807) is 0 Å². The molecule has 1 heteroatoms. The fraction of sp³-hybridized carbons (Fsp3) is 0.286. The molecule has 0 radical (unpaired) electrons. The molecule has 3 rings (SSSR count). The summed E-state index contributed by atoms with van der Waals surface area (Å²) in [5, 5.41) is 1.21. The van der Waals surface area contributed by atoms with E-state index in [0.717, 1.165) is 18.4 Å².